The first-order valence-electron chi connectivity index (χ1n) is 11.0. The summed E-state index contributed by atoms with van der Waals surface area (Å²) in [5.74, 6) is 0.0991. The van der Waals surface area contributed by atoms with Crippen molar-refractivity contribution in [1.29, 1.82) is 0 Å². The number of amides is 2. The van der Waals surface area contributed by atoms with Crippen molar-refractivity contribution in [3.05, 3.63) is 35.6 Å². The van der Waals surface area contributed by atoms with Gasteiger partial charge in [0.25, 0.3) is 0 Å². The number of thioether (sulfide) groups is 1. The van der Waals surface area contributed by atoms with Crippen molar-refractivity contribution in [2.75, 3.05) is 58.1 Å². The van der Waals surface area contributed by atoms with Crippen molar-refractivity contribution >= 4 is 23.6 Å². The van der Waals surface area contributed by atoms with Gasteiger partial charge in [-0.2, -0.15) is 0 Å². The number of nitrogens with zero attached hydrogens (tertiary/aromatic N) is 3. The van der Waals surface area contributed by atoms with Gasteiger partial charge in [0, 0.05) is 45.0 Å². The van der Waals surface area contributed by atoms with Crippen LogP contribution in [0.5, 0.6) is 0 Å². The maximum absolute atomic E-state index is 13.9. The largest absolute Gasteiger partial charge is 0.343 e. The molecule has 3 aliphatic rings. The molecule has 1 aromatic carbocycles. The number of hydrogen-bond acceptors (Lipinski definition) is 5. The molecule has 3 fully saturated rings. The van der Waals surface area contributed by atoms with Gasteiger partial charge in [-0.1, -0.05) is 18.2 Å². The summed E-state index contributed by atoms with van der Waals surface area (Å²) in [5.41, 5.74) is 0.542. The van der Waals surface area contributed by atoms with Crippen LogP contribution in [0, 0.1) is 5.82 Å². The van der Waals surface area contributed by atoms with E-state index in [-0.39, 0.29) is 22.9 Å². The van der Waals surface area contributed by atoms with E-state index in [2.05, 4.69) is 15.1 Å². The minimum atomic E-state index is -0.476. The first-order chi connectivity index (χ1) is 14.6. The molecule has 8 heteroatoms. The van der Waals surface area contributed by atoms with Crippen molar-refractivity contribution in [3.63, 3.8) is 0 Å². The Morgan fingerprint density at radius 1 is 1.03 bits per heavy atom. The fourth-order valence-electron chi connectivity index (χ4n) is 4.44. The van der Waals surface area contributed by atoms with Crippen molar-refractivity contribution in [1.82, 2.24) is 20.0 Å². The van der Waals surface area contributed by atoms with Gasteiger partial charge in [0.2, 0.25) is 11.8 Å². The molecule has 0 aliphatic carbocycles. The van der Waals surface area contributed by atoms with E-state index in [0.29, 0.717) is 30.8 Å². The lowest BCUT2D eigenvalue weighted by atomic mass is 10.1. The lowest BCUT2D eigenvalue weighted by Gasteiger charge is -2.38. The molecule has 2 amide bonds. The quantitative estimate of drug-likeness (QED) is 0.730. The number of piperazine rings is 1. The zero-order valence-corrected chi connectivity index (χ0v) is 18.2. The van der Waals surface area contributed by atoms with E-state index in [0.717, 1.165) is 26.2 Å². The second-order valence-electron chi connectivity index (χ2n) is 8.39. The second kappa shape index (κ2) is 10.1. The SMILES string of the molecule is O=C1NC(C(=O)N2CCN(CCN3CCCC3)CC2)CSC1Cc1ccccc1F. The van der Waals surface area contributed by atoms with Gasteiger partial charge in [-0.15, -0.1) is 11.8 Å². The van der Waals surface area contributed by atoms with Gasteiger partial charge in [0.1, 0.15) is 11.9 Å². The first-order valence-corrected chi connectivity index (χ1v) is 12.0. The molecule has 164 valence electrons. The molecule has 2 unspecified atom stereocenters. The molecular formula is C22H31FN4O2S. The molecule has 1 N–H and O–H groups in total. The van der Waals surface area contributed by atoms with Crippen molar-refractivity contribution in [2.24, 2.45) is 0 Å². The summed E-state index contributed by atoms with van der Waals surface area (Å²) in [4.78, 5) is 32.3. The van der Waals surface area contributed by atoms with Gasteiger partial charge in [-0.25, -0.2) is 4.39 Å². The van der Waals surface area contributed by atoms with E-state index in [1.807, 2.05) is 4.90 Å². The summed E-state index contributed by atoms with van der Waals surface area (Å²) < 4.78 is 13.9. The molecule has 3 heterocycles. The molecule has 3 aliphatic heterocycles. The fraction of sp³-hybridized carbons (Fsp3) is 0.636. The zero-order valence-electron chi connectivity index (χ0n) is 17.4. The fourth-order valence-corrected chi connectivity index (χ4v) is 5.61. The molecule has 2 atom stereocenters. The highest BCUT2D eigenvalue weighted by Gasteiger charge is 2.35. The lowest BCUT2D eigenvalue weighted by Crippen LogP contribution is -2.59. The maximum atomic E-state index is 13.9. The Morgan fingerprint density at radius 3 is 2.37 bits per heavy atom. The Labute approximate surface area is 182 Å². The molecule has 3 saturated heterocycles. The van der Waals surface area contributed by atoms with E-state index < -0.39 is 6.04 Å². The smallest absolute Gasteiger partial charge is 0.246 e. The molecule has 0 bridgehead atoms. The summed E-state index contributed by atoms with van der Waals surface area (Å²) >= 11 is 1.46. The Balaban J connectivity index is 1.21. The summed E-state index contributed by atoms with van der Waals surface area (Å²) in [5, 5.41) is 2.53. The molecule has 0 radical (unpaired) electrons. The van der Waals surface area contributed by atoms with Crippen LogP contribution in [0.15, 0.2) is 24.3 Å². The Bertz CT molecular complexity index is 750. The number of nitrogens with one attached hydrogen (secondary N) is 1. The average Bonchev–Trinajstić information content (AvgIpc) is 3.29. The van der Waals surface area contributed by atoms with E-state index >= 15 is 0 Å². The second-order valence-corrected chi connectivity index (χ2v) is 9.63. The van der Waals surface area contributed by atoms with Crippen molar-refractivity contribution in [3.8, 4) is 0 Å². The number of carbonyl (C=O) groups is 2. The Kier molecular flexibility index (Phi) is 7.28. The lowest BCUT2D eigenvalue weighted by molar-refractivity contribution is -0.137. The summed E-state index contributed by atoms with van der Waals surface area (Å²) in [6, 6.07) is 6.08. The van der Waals surface area contributed by atoms with Crippen molar-refractivity contribution < 1.29 is 14.0 Å². The van der Waals surface area contributed by atoms with Crippen molar-refractivity contribution in [2.45, 2.75) is 30.6 Å². The summed E-state index contributed by atoms with van der Waals surface area (Å²) in [6.45, 7) is 7.84. The van der Waals surface area contributed by atoms with E-state index in [4.69, 9.17) is 0 Å². The predicted molar refractivity (Wildman–Crippen MR) is 117 cm³/mol. The number of rotatable bonds is 6. The number of likely N-dealkylation sites (tertiary alicyclic amines) is 1. The molecule has 1 aromatic rings. The van der Waals surface area contributed by atoms with E-state index in [1.54, 1.807) is 18.2 Å². The van der Waals surface area contributed by atoms with Gasteiger partial charge < -0.3 is 15.1 Å². The molecule has 4 rings (SSSR count). The van der Waals surface area contributed by atoms with Crippen LogP contribution in [0.25, 0.3) is 0 Å². The standard InChI is InChI=1S/C22H31FN4O2S/c23-18-6-2-1-5-17(18)15-20-21(28)24-19(16-30-20)22(29)27-13-11-26(12-14-27)10-9-25-7-3-4-8-25/h1-2,5-6,19-20H,3-4,7-16H2,(H,24,28). The van der Waals surface area contributed by atoms with Gasteiger partial charge >= 0.3 is 0 Å². The Hall–Kier alpha value is -1.64. The molecule has 30 heavy (non-hydrogen) atoms. The van der Waals surface area contributed by atoms with Crippen LogP contribution in [0.1, 0.15) is 18.4 Å². The van der Waals surface area contributed by atoms with Crippen LogP contribution >= 0.6 is 11.8 Å². The zero-order chi connectivity index (χ0) is 20.9. The molecule has 0 saturated carbocycles. The van der Waals surface area contributed by atoms with Crippen LogP contribution in [0.2, 0.25) is 0 Å². The van der Waals surface area contributed by atoms with Crippen LogP contribution in [-0.4, -0.2) is 95.9 Å². The van der Waals surface area contributed by atoms with Gasteiger partial charge in [0.05, 0.1) is 5.25 Å². The van der Waals surface area contributed by atoms with E-state index in [1.165, 1.54) is 43.8 Å². The molecular weight excluding hydrogens is 403 g/mol. The number of carbonyl (C=O) groups excluding carboxylic acids is 2. The average molecular weight is 435 g/mol. The minimum absolute atomic E-state index is 0.0133. The number of halogens is 1. The summed E-state index contributed by atoms with van der Waals surface area (Å²) in [7, 11) is 0. The first kappa shape index (κ1) is 21.6. The van der Waals surface area contributed by atoms with Crippen LogP contribution in [0.3, 0.4) is 0 Å². The maximum Gasteiger partial charge on any atom is 0.246 e. The third-order valence-electron chi connectivity index (χ3n) is 6.35. The van der Waals surface area contributed by atoms with E-state index in [9.17, 15) is 14.0 Å². The highest BCUT2D eigenvalue weighted by molar-refractivity contribution is 8.00. The highest BCUT2D eigenvalue weighted by atomic mass is 32.2. The van der Waals surface area contributed by atoms with Crippen LogP contribution in [-0.2, 0) is 16.0 Å². The third kappa shape index (κ3) is 5.34. The van der Waals surface area contributed by atoms with Gasteiger partial charge in [-0.05, 0) is 44.0 Å². The van der Waals surface area contributed by atoms with Gasteiger partial charge in [0.15, 0.2) is 0 Å². The number of hydrogen-bond donors (Lipinski definition) is 1. The highest BCUT2D eigenvalue weighted by Crippen LogP contribution is 2.24. The minimum Gasteiger partial charge on any atom is -0.343 e. The monoisotopic (exact) mass is 434 g/mol. The molecule has 0 aromatic heterocycles. The predicted octanol–water partition coefficient (Wildman–Crippen LogP) is 1.21. The van der Waals surface area contributed by atoms with Gasteiger partial charge in [-0.3, -0.25) is 14.5 Å². The molecule has 0 spiro atoms. The third-order valence-corrected chi connectivity index (χ3v) is 7.66. The normalized spacial score (nSPS) is 26.0. The topological polar surface area (TPSA) is 55.9 Å². The van der Waals surface area contributed by atoms with Crippen LogP contribution in [0.4, 0.5) is 4.39 Å². The summed E-state index contributed by atoms with van der Waals surface area (Å²) in [6.07, 6.45) is 2.98. The van der Waals surface area contributed by atoms with Crippen LogP contribution < -0.4 is 5.32 Å². The number of benzene rings is 1. The Morgan fingerprint density at radius 2 is 1.70 bits per heavy atom. The molecule has 6 nitrogen and oxygen atoms in total.